The molecule has 114 valence electrons. The Morgan fingerprint density at radius 3 is 2.62 bits per heavy atom. The number of primary amides is 1. The van der Waals surface area contributed by atoms with Crippen molar-refractivity contribution in [3.8, 4) is 0 Å². The first kappa shape index (κ1) is 15.3. The molecule has 0 aromatic heterocycles. The molecule has 0 bridgehead atoms. The van der Waals surface area contributed by atoms with Crippen molar-refractivity contribution in [3.05, 3.63) is 24.3 Å². The van der Waals surface area contributed by atoms with Crippen LogP contribution in [0.3, 0.4) is 0 Å². The van der Waals surface area contributed by atoms with Gasteiger partial charge in [0.2, 0.25) is 11.8 Å². The highest BCUT2D eigenvalue weighted by molar-refractivity contribution is 5.90. The summed E-state index contributed by atoms with van der Waals surface area (Å²) in [6, 6.07) is 7.07. The molecular weight excluding hydrogens is 268 g/mol. The predicted octanol–water partition coefficient (Wildman–Crippen LogP) is 0.795. The van der Waals surface area contributed by atoms with Gasteiger partial charge in [-0.2, -0.15) is 0 Å². The lowest BCUT2D eigenvalue weighted by molar-refractivity contribution is -0.121. The molecule has 0 radical (unpaired) electrons. The van der Waals surface area contributed by atoms with Gasteiger partial charge < -0.3 is 21.7 Å². The number of carbonyl (C=O) groups excluding carboxylic acids is 2. The van der Waals surface area contributed by atoms with E-state index in [9.17, 15) is 9.59 Å². The van der Waals surface area contributed by atoms with E-state index in [-0.39, 0.29) is 17.7 Å². The minimum atomic E-state index is -0.224. The molecule has 0 aliphatic carbocycles. The zero-order valence-electron chi connectivity index (χ0n) is 12.0. The van der Waals surface area contributed by atoms with E-state index in [1.807, 2.05) is 0 Å². The first-order valence-corrected chi connectivity index (χ1v) is 7.21. The Morgan fingerprint density at radius 1 is 1.29 bits per heavy atom. The number of rotatable bonds is 6. The van der Waals surface area contributed by atoms with Crippen molar-refractivity contribution in [1.82, 2.24) is 4.90 Å². The van der Waals surface area contributed by atoms with Gasteiger partial charge in [-0.25, -0.2) is 0 Å². The Morgan fingerprint density at radius 2 is 2.00 bits per heavy atom. The van der Waals surface area contributed by atoms with E-state index in [0.29, 0.717) is 12.1 Å². The predicted molar refractivity (Wildman–Crippen MR) is 82.5 cm³/mol. The van der Waals surface area contributed by atoms with Gasteiger partial charge in [-0.3, -0.25) is 9.59 Å². The molecule has 0 spiro atoms. The zero-order valence-corrected chi connectivity index (χ0v) is 12.0. The normalized spacial score (nSPS) is 18.6. The molecular formula is C15H22N4O2. The van der Waals surface area contributed by atoms with Crippen LogP contribution in [-0.4, -0.2) is 36.3 Å². The maximum Gasteiger partial charge on any atom is 0.224 e. The smallest absolute Gasteiger partial charge is 0.224 e. The molecule has 1 atom stereocenters. The Balaban J connectivity index is 1.66. The number of likely N-dealkylation sites (tertiary alicyclic amines) is 1. The monoisotopic (exact) mass is 290 g/mol. The molecule has 1 unspecified atom stereocenters. The molecule has 21 heavy (non-hydrogen) atoms. The Kier molecular flexibility index (Phi) is 5.16. The summed E-state index contributed by atoms with van der Waals surface area (Å²) >= 11 is 0. The van der Waals surface area contributed by atoms with Gasteiger partial charge in [0.1, 0.15) is 0 Å². The van der Waals surface area contributed by atoms with Crippen LogP contribution in [0, 0.1) is 5.92 Å². The highest BCUT2D eigenvalue weighted by atomic mass is 16.2. The molecule has 5 N–H and O–H groups in total. The highest BCUT2D eigenvalue weighted by Gasteiger charge is 2.25. The summed E-state index contributed by atoms with van der Waals surface area (Å²) in [4.78, 5) is 25.1. The molecule has 1 aromatic rings. The molecule has 1 aliphatic rings. The number of hydrogen-bond acceptors (Lipinski definition) is 4. The van der Waals surface area contributed by atoms with Gasteiger partial charge in [0.25, 0.3) is 0 Å². The van der Waals surface area contributed by atoms with E-state index in [2.05, 4.69) is 10.2 Å². The number of benzene rings is 1. The van der Waals surface area contributed by atoms with Gasteiger partial charge in [0.05, 0.1) is 5.92 Å². The van der Waals surface area contributed by atoms with Crippen LogP contribution in [0.4, 0.5) is 11.4 Å². The second kappa shape index (κ2) is 7.08. The van der Waals surface area contributed by atoms with Crippen molar-refractivity contribution in [1.29, 1.82) is 0 Å². The Bertz CT molecular complexity index is 501. The molecule has 0 saturated carbocycles. The number of carbonyl (C=O) groups is 2. The quantitative estimate of drug-likeness (QED) is 0.674. The maximum absolute atomic E-state index is 11.8. The number of nitrogens with one attached hydrogen (secondary N) is 1. The van der Waals surface area contributed by atoms with Gasteiger partial charge >= 0.3 is 0 Å². The summed E-state index contributed by atoms with van der Waals surface area (Å²) in [5.74, 6) is -0.266. The molecule has 1 fully saturated rings. The Hall–Kier alpha value is -2.08. The zero-order chi connectivity index (χ0) is 15.2. The van der Waals surface area contributed by atoms with E-state index in [1.165, 1.54) is 0 Å². The Labute approximate surface area is 124 Å². The van der Waals surface area contributed by atoms with Crippen LogP contribution >= 0.6 is 0 Å². The lowest BCUT2D eigenvalue weighted by Gasteiger charge is -2.14. The van der Waals surface area contributed by atoms with Crippen LogP contribution in [0.15, 0.2) is 24.3 Å². The fourth-order valence-electron chi connectivity index (χ4n) is 2.52. The van der Waals surface area contributed by atoms with E-state index in [1.54, 1.807) is 24.3 Å². The molecule has 2 amide bonds. The maximum atomic E-state index is 11.8. The average Bonchev–Trinajstić information content (AvgIpc) is 2.90. The standard InChI is InChI=1S/C15H22N4O2/c16-12-3-5-13(6-4-12)18-14(20)2-1-8-19-9-7-11(10-19)15(17)21/h3-6,11H,1-2,7-10,16H2,(H2,17,21)(H,18,20). The first-order valence-electron chi connectivity index (χ1n) is 7.21. The summed E-state index contributed by atoms with van der Waals surface area (Å²) in [7, 11) is 0. The van der Waals surface area contributed by atoms with Crippen LogP contribution in [0.1, 0.15) is 19.3 Å². The number of amides is 2. The average molecular weight is 290 g/mol. The molecule has 2 rings (SSSR count). The molecule has 1 saturated heterocycles. The summed E-state index contributed by atoms with van der Waals surface area (Å²) in [6.07, 6.45) is 2.06. The number of nitrogens with two attached hydrogens (primary N) is 2. The highest BCUT2D eigenvalue weighted by Crippen LogP contribution is 2.16. The lowest BCUT2D eigenvalue weighted by Crippen LogP contribution is -2.28. The van der Waals surface area contributed by atoms with Crippen molar-refractivity contribution >= 4 is 23.2 Å². The third kappa shape index (κ3) is 4.75. The summed E-state index contributed by atoms with van der Waals surface area (Å²) in [5, 5.41) is 2.83. The second-order valence-corrected chi connectivity index (χ2v) is 5.46. The summed E-state index contributed by atoms with van der Waals surface area (Å²) in [5.41, 5.74) is 12.3. The second-order valence-electron chi connectivity index (χ2n) is 5.46. The molecule has 1 heterocycles. The van der Waals surface area contributed by atoms with Gasteiger partial charge in [0, 0.05) is 24.3 Å². The van der Waals surface area contributed by atoms with E-state index in [0.717, 1.165) is 38.2 Å². The van der Waals surface area contributed by atoms with Gasteiger partial charge in [-0.05, 0) is 50.2 Å². The van der Waals surface area contributed by atoms with E-state index < -0.39 is 0 Å². The SMILES string of the molecule is NC(=O)C1CCN(CCCC(=O)Nc2ccc(N)cc2)C1. The van der Waals surface area contributed by atoms with Crippen LogP contribution in [-0.2, 0) is 9.59 Å². The van der Waals surface area contributed by atoms with Crippen LogP contribution in [0.5, 0.6) is 0 Å². The molecule has 6 nitrogen and oxygen atoms in total. The van der Waals surface area contributed by atoms with Crippen molar-refractivity contribution in [2.24, 2.45) is 11.7 Å². The van der Waals surface area contributed by atoms with Crippen molar-refractivity contribution in [3.63, 3.8) is 0 Å². The topological polar surface area (TPSA) is 101 Å². The van der Waals surface area contributed by atoms with E-state index >= 15 is 0 Å². The van der Waals surface area contributed by atoms with E-state index in [4.69, 9.17) is 11.5 Å². The van der Waals surface area contributed by atoms with Crippen LogP contribution in [0.25, 0.3) is 0 Å². The number of hydrogen-bond donors (Lipinski definition) is 3. The van der Waals surface area contributed by atoms with Gasteiger partial charge in [-0.15, -0.1) is 0 Å². The fourth-order valence-corrected chi connectivity index (χ4v) is 2.52. The van der Waals surface area contributed by atoms with Crippen LogP contribution < -0.4 is 16.8 Å². The largest absolute Gasteiger partial charge is 0.399 e. The van der Waals surface area contributed by atoms with Gasteiger partial charge in [-0.1, -0.05) is 0 Å². The third-order valence-corrected chi connectivity index (χ3v) is 3.75. The lowest BCUT2D eigenvalue weighted by atomic mass is 10.1. The molecule has 1 aromatic carbocycles. The first-order chi connectivity index (χ1) is 10.0. The van der Waals surface area contributed by atoms with Crippen molar-refractivity contribution < 1.29 is 9.59 Å². The fraction of sp³-hybridized carbons (Fsp3) is 0.467. The van der Waals surface area contributed by atoms with Crippen molar-refractivity contribution in [2.45, 2.75) is 19.3 Å². The number of anilines is 2. The van der Waals surface area contributed by atoms with Crippen molar-refractivity contribution in [2.75, 3.05) is 30.7 Å². The third-order valence-electron chi connectivity index (χ3n) is 3.75. The van der Waals surface area contributed by atoms with Gasteiger partial charge in [0.15, 0.2) is 0 Å². The molecule has 1 aliphatic heterocycles. The minimum Gasteiger partial charge on any atom is -0.399 e. The summed E-state index contributed by atoms with van der Waals surface area (Å²) < 4.78 is 0. The number of nitrogens with zero attached hydrogens (tertiary/aromatic N) is 1. The minimum absolute atomic E-state index is 0.00887. The van der Waals surface area contributed by atoms with Crippen LogP contribution in [0.2, 0.25) is 0 Å². The summed E-state index contributed by atoms with van der Waals surface area (Å²) in [6.45, 7) is 2.42. The molecule has 6 heteroatoms. The number of nitrogen functional groups attached to an aromatic ring is 1.